The molecule has 1 fully saturated rings. The van der Waals surface area contributed by atoms with E-state index in [-0.39, 0.29) is 12.3 Å². The fourth-order valence-electron chi connectivity index (χ4n) is 6.61. The summed E-state index contributed by atoms with van der Waals surface area (Å²) in [6.45, 7) is 2.25. The SMILES string of the molecule is Cn1c(=O)n(-c2ccc(OCc3ccccc3)nc2OCc2ccccc2)c2ccc(CC3CCN(c4ccccc4C(=O)O)CC3)cc21. The van der Waals surface area contributed by atoms with Gasteiger partial charge < -0.3 is 19.5 Å². The maximum Gasteiger partial charge on any atom is 0.337 e. The Bertz CT molecular complexity index is 2130. The molecule has 0 unspecified atom stereocenters. The molecule has 0 atom stereocenters. The molecular weight excluding hydrogens is 616 g/mol. The molecule has 9 nitrogen and oxygen atoms in total. The van der Waals surface area contributed by atoms with Gasteiger partial charge in [-0.3, -0.25) is 9.13 Å². The molecule has 0 amide bonds. The topological polar surface area (TPSA) is 98.8 Å². The lowest BCUT2D eigenvalue weighted by Gasteiger charge is -2.34. The summed E-state index contributed by atoms with van der Waals surface area (Å²) in [4.78, 5) is 32.5. The van der Waals surface area contributed by atoms with E-state index >= 15 is 0 Å². The number of nitrogens with zero attached hydrogens (tertiary/aromatic N) is 4. The van der Waals surface area contributed by atoms with Crippen LogP contribution in [-0.2, 0) is 26.7 Å². The Morgan fingerprint density at radius 1 is 0.755 bits per heavy atom. The third kappa shape index (κ3) is 6.92. The van der Waals surface area contributed by atoms with Gasteiger partial charge in [0, 0.05) is 26.2 Å². The molecule has 0 saturated carbocycles. The Labute approximate surface area is 284 Å². The van der Waals surface area contributed by atoms with Gasteiger partial charge in [0.05, 0.1) is 22.3 Å². The normalized spacial score (nSPS) is 13.4. The number of carboxylic acid groups (broad SMARTS) is 1. The molecule has 0 bridgehead atoms. The number of anilines is 1. The molecule has 1 N–H and O–H groups in total. The van der Waals surface area contributed by atoms with Crippen molar-refractivity contribution >= 4 is 22.7 Å². The first-order valence-corrected chi connectivity index (χ1v) is 16.6. The maximum absolute atomic E-state index is 13.8. The van der Waals surface area contributed by atoms with Crippen LogP contribution in [0.25, 0.3) is 16.7 Å². The summed E-state index contributed by atoms with van der Waals surface area (Å²) in [6, 6.07) is 36.8. The number of piperidine rings is 1. The number of aromatic carboxylic acids is 1. The van der Waals surface area contributed by atoms with Gasteiger partial charge in [-0.2, -0.15) is 4.98 Å². The zero-order valence-corrected chi connectivity index (χ0v) is 27.4. The molecule has 3 heterocycles. The van der Waals surface area contributed by atoms with Gasteiger partial charge in [-0.05, 0) is 72.2 Å². The number of hydrogen-bond acceptors (Lipinski definition) is 6. The molecule has 0 radical (unpaired) electrons. The van der Waals surface area contributed by atoms with Crippen LogP contribution in [0.5, 0.6) is 11.8 Å². The predicted molar refractivity (Wildman–Crippen MR) is 190 cm³/mol. The van der Waals surface area contributed by atoms with Crippen LogP contribution in [0.2, 0.25) is 0 Å². The molecule has 2 aromatic heterocycles. The van der Waals surface area contributed by atoms with Crippen LogP contribution in [-0.4, -0.2) is 38.3 Å². The molecule has 0 spiro atoms. The van der Waals surface area contributed by atoms with Crippen LogP contribution in [0.4, 0.5) is 5.69 Å². The highest BCUT2D eigenvalue weighted by Crippen LogP contribution is 2.31. The number of rotatable bonds is 11. The Kier molecular flexibility index (Phi) is 9.14. The first kappa shape index (κ1) is 31.8. The van der Waals surface area contributed by atoms with E-state index in [9.17, 15) is 14.7 Å². The van der Waals surface area contributed by atoms with E-state index in [0.717, 1.165) is 65.8 Å². The van der Waals surface area contributed by atoms with Crippen molar-refractivity contribution in [3.63, 3.8) is 0 Å². The van der Waals surface area contributed by atoms with Gasteiger partial charge in [-0.15, -0.1) is 0 Å². The van der Waals surface area contributed by atoms with Crippen LogP contribution >= 0.6 is 0 Å². The lowest BCUT2D eigenvalue weighted by molar-refractivity contribution is 0.0697. The minimum Gasteiger partial charge on any atom is -0.478 e. The van der Waals surface area contributed by atoms with E-state index in [0.29, 0.717) is 35.5 Å². The standard InChI is InChI=1S/C40H38N4O5/c1-42-36-25-31(24-28-20-22-43(23-21-28)33-15-9-8-14-32(33)39(45)46)16-17-34(36)44(40(42)47)35-18-19-37(48-26-29-10-4-2-5-11-29)41-38(35)49-27-30-12-6-3-7-13-30/h2-19,25,28H,20-24,26-27H2,1H3,(H,45,46). The third-order valence-corrected chi connectivity index (χ3v) is 9.24. The van der Waals surface area contributed by atoms with Gasteiger partial charge in [0.15, 0.2) is 0 Å². The molecule has 7 rings (SSSR count). The second-order valence-corrected chi connectivity index (χ2v) is 12.5. The number of aryl methyl sites for hydroxylation is 1. The lowest BCUT2D eigenvalue weighted by atomic mass is 9.89. The minimum atomic E-state index is -0.901. The Morgan fingerprint density at radius 2 is 1.41 bits per heavy atom. The number of carboxylic acids is 1. The molecule has 4 aromatic carbocycles. The van der Waals surface area contributed by atoms with Crippen LogP contribution < -0.4 is 20.1 Å². The van der Waals surface area contributed by atoms with Gasteiger partial charge >= 0.3 is 11.7 Å². The van der Waals surface area contributed by atoms with Crippen molar-refractivity contribution in [2.75, 3.05) is 18.0 Å². The molecular formula is C40H38N4O5. The fourth-order valence-corrected chi connectivity index (χ4v) is 6.61. The number of carbonyl (C=O) groups is 1. The number of ether oxygens (including phenoxy) is 2. The van der Waals surface area contributed by atoms with E-state index < -0.39 is 5.97 Å². The summed E-state index contributed by atoms with van der Waals surface area (Å²) >= 11 is 0. The van der Waals surface area contributed by atoms with E-state index in [1.165, 1.54) is 0 Å². The molecule has 49 heavy (non-hydrogen) atoms. The Balaban J connectivity index is 1.13. The summed E-state index contributed by atoms with van der Waals surface area (Å²) < 4.78 is 15.6. The lowest BCUT2D eigenvalue weighted by Crippen LogP contribution is -2.35. The largest absolute Gasteiger partial charge is 0.478 e. The summed E-state index contributed by atoms with van der Waals surface area (Å²) in [7, 11) is 1.79. The van der Waals surface area contributed by atoms with Gasteiger partial charge in [-0.25, -0.2) is 9.59 Å². The van der Waals surface area contributed by atoms with E-state index in [1.807, 2.05) is 84.9 Å². The van der Waals surface area contributed by atoms with Crippen molar-refractivity contribution in [1.82, 2.24) is 14.1 Å². The van der Waals surface area contributed by atoms with Crippen LogP contribution in [0.1, 0.15) is 39.9 Å². The number of hydrogen-bond donors (Lipinski definition) is 1. The number of imidazole rings is 1. The zero-order valence-electron chi connectivity index (χ0n) is 27.4. The third-order valence-electron chi connectivity index (χ3n) is 9.24. The first-order valence-electron chi connectivity index (χ1n) is 16.6. The van der Waals surface area contributed by atoms with Crippen molar-refractivity contribution in [3.05, 3.63) is 148 Å². The van der Waals surface area contributed by atoms with Crippen molar-refractivity contribution in [3.8, 4) is 17.4 Å². The summed E-state index contributed by atoms with van der Waals surface area (Å²) in [6.07, 6.45) is 2.79. The monoisotopic (exact) mass is 654 g/mol. The van der Waals surface area contributed by atoms with Gasteiger partial charge in [0.2, 0.25) is 11.8 Å². The highest BCUT2D eigenvalue weighted by Gasteiger charge is 2.24. The number of benzene rings is 4. The zero-order chi connectivity index (χ0) is 33.7. The van der Waals surface area contributed by atoms with E-state index in [4.69, 9.17) is 14.5 Å². The smallest absolute Gasteiger partial charge is 0.337 e. The average Bonchev–Trinajstić information content (AvgIpc) is 3.39. The van der Waals surface area contributed by atoms with Crippen molar-refractivity contribution < 1.29 is 19.4 Å². The van der Waals surface area contributed by atoms with Crippen molar-refractivity contribution in [1.29, 1.82) is 0 Å². The van der Waals surface area contributed by atoms with Crippen molar-refractivity contribution in [2.24, 2.45) is 13.0 Å². The van der Waals surface area contributed by atoms with Gasteiger partial charge in [0.25, 0.3) is 0 Å². The van der Waals surface area contributed by atoms with Crippen LogP contribution in [0.15, 0.2) is 120 Å². The fraction of sp³-hybridized carbons (Fsp3) is 0.225. The van der Waals surface area contributed by atoms with Gasteiger partial charge in [-0.1, -0.05) is 78.9 Å². The average molecular weight is 655 g/mol. The van der Waals surface area contributed by atoms with E-state index in [1.54, 1.807) is 34.4 Å². The van der Waals surface area contributed by atoms with Crippen LogP contribution in [0.3, 0.4) is 0 Å². The number of fused-ring (bicyclic) bond motifs is 1. The second kappa shape index (κ2) is 14.1. The quantitative estimate of drug-likeness (QED) is 0.160. The number of pyridine rings is 1. The van der Waals surface area contributed by atoms with Gasteiger partial charge in [0.1, 0.15) is 18.9 Å². The summed E-state index contributed by atoms with van der Waals surface area (Å²) in [5.74, 6) is 0.269. The molecule has 0 aliphatic carbocycles. The molecule has 1 saturated heterocycles. The predicted octanol–water partition coefficient (Wildman–Crippen LogP) is 7.04. The maximum atomic E-state index is 13.8. The first-order chi connectivity index (χ1) is 23.9. The van der Waals surface area contributed by atoms with E-state index in [2.05, 4.69) is 17.0 Å². The molecule has 9 heteroatoms. The number of aromatic nitrogens is 3. The Hall–Kier alpha value is -5.83. The Morgan fingerprint density at radius 3 is 2.10 bits per heavy atom. The second-order valence-electron chi connectivity index (χ2n) is 12.5. The molecule has 1 aliphatic heterocycles. The minimum absolute atomic E-state index is 0.193. The highest BCUT2D eigenvalue weighted by molar-refractivity contribution is 5.94. The molecule has 1 aliphatic rings. The molecule has 248 valence electrons. The number of para-hydroxylation sites is 1. The summed E-state index contributed by atoms with van der Waals surface area (Å²) in [5, 5.41) is 9.64. The van der Waals surface area contributed by atoms with Crippen molar-refractivity contribution in [2.45, 2.75) is 32.5 Å². The highest BCUT2D eigenvalue weighted by atomic mass is 16.5. The van der Waals surface area contributed by atoms with Crippen LogP contribution in [0, 0.1) is 5.92 Å². The summed E-state index contributed by atoms with van der Waals surface area (Å²) in [5.41, 5.74) is 6.23. The molecule has 6 aromatic rings.